The van der Waals surface area contributed by atoms with Crippen molar-refractivity contribution in [2.45, 2.75) is 232 Å². The Kier molecular flexibility index (Phi) is 55.2. The fourth-order valence-electron chi connectivity index (χ4n) is 5.73. The Morgan fingerprint density at radius 3 is 0.442 bits per heavy atom. The molecule has 0 aliphatic heterocycles. The Labute approximate surface area is 280 Å². The maximum atomic E-state index is 7.17. The fraction of sp³-hybridized carbons (Fsp3) is 1.00. The van der Waals surface area contributed by atoms with Crippen molar-refractivity contribution in [3.63, 3.8) is 0 Å². The number of hydrogen-bond acceptors (Lipinski definition) is 3. The van der Waals surface area contributed by atoms with Crippen LogP contribution in [0.3, 0.4) is 0 Å². The molecule has 0 rings (SSSR count). The molecule has 0 aliphatic carbocycles. The summed E-state index contributed by atoms with van der Waals surface area (Å²) in [5.74, 6) is 0. The van der Waals surface area contributed by atoms with Gasteiger partial charge in [0, 0.05) is 26.4 Å². The second kappa shape index (κ2) is 47.0. The largest absolute Gasteiger partial charge is 0.631 e. The van der Waals surface area contributed by atoms with Gasteiger partial charge in [-0.3, -0.25) is 0 Å². The van der Waals surface area contributed by atoms with E-state index in [-0.39, 0.29) is 26.4 Å². The normalized spacial score (nSPS) is 10.7. The zero-order valence-electron chi connectivity index (χ0n) is 31.7. The first-order valence-corrected chi connectivity index (χ1v) is 27.2. The predicted octanol–water partition coefficient (Wildman–Crippen LogP) is 11.8. The molecule has 0 atom stereocenters. The van der Waals surface area contributed by atoms with Crippen LogP contribution in [0.5, 0.6) is 0 Å². The highest BCUT2D eigenvalue weighted by Crippen LogP contribution is 2.18. The summed E-state index contributed by atoms with van der Waals surface area (Å²) >= 11 is 0. The molecular formula is C36H87BO3Si3. The third-order valence-corrected chi connectivity index (χ3v) is 19.7. The fourth-order valence-corrected chi connectivity index (χ4v) is 17.2. The monoisotopic (exact) mass is 663 g/mol. The quantitative estimate of drug-likeness (QED) is 0.0767. The molecule has 0 unspecified atom stereocenters. The zero-order chi connectivity index (χ0) is 33.4. The van der Waals surface area contributed by atoms with E-state index >= 15 is 0 Å². The minimum atomic E-state index is -2.17. The summed E-state index contributed by atoms with van der Waals surface area (Å²) in [4.78, 5) is 0. The van der Waals surface area contributed by atoms with Gasteiger partial charge >= 0.3 is 7.32 Å². The first-order valence-electron chi connectivity index (χ1n) is 19.8. The molecule has 0 heterocycles. The van der Waals surface area contributed by atoms with Crippen molar-refractivity contribution in [1.29, 1.82) is 0 Å². The third-order valence-electron chi connectivity index (χ3n) is 8.69. The highest BCUT2D eigenvalue weighted by molar-refractivity contribution is 6.59. The standard InChI is InChI=1S/3C12H28Si.BH3O3/c3*1-4-7-10-13(11-8-5-2)12-9-6-3;2-1(3)4/h3*13H,4-12H2,1-3H3;2-4H. The van der Waals surface area contributed by atoms with Crippen LogP contribution >= 0.6 is 0 Å². The summed E-state index contributed by atoms with van der Waals surface area (Å²) in [7, 11) is -3.03. The van der Waals surface area contributed by atoms with Crippen LogP contribution in [0.2, 0.25) is 54.4 Å². The molecule has 0 aliphatic rings. The summed E-state index contributed by atoms with van der Waals surface area (Å²) in [6.07, 6.45) is 26.2. The average molecular weight is 663 g/mol. The molecule has 0 saturated heterocycles. The summed E-state index contributed by atoms with van der Waals surface area (Å²) < 4.78 is 0. The maximum Gasteiger partial charge on any atom is 0.631 e. The lowest BCUT2D eigenvalue weighted by atomic mass is 10.3. The highest BCUT2D eigenvalue weighted by atomic mass is 28.3. The van der Waals surface area contributed by atoms with E-state index < -0.39 is 7.32 Å². The van der Waals surface area contributed by atoms with Gasteiger partial charge in [0.15, 0.2) is 0 Å². The molecular weight excluding hydrogens is 575 g/mol. The van der Waals surface area contributed by atoms with Gasteiger partial charge < -0.3 is 15.1 Å². The highest BCUT2D eigenvalue weighted by Gasteiger charge is 2.10. The van der Waals surface area contributed by atoms with Gasteiger partial charge in [-0.2, -0.15) is 0 Å². The Morgan fingerprint density at radius 2 is 0.372 bits per heavy atom. The van der Waals surface area contributed by atoms with Crippen molar-refractivity contribution in [2.24, 2.45) is 0 Å². The molecule has 3 N–H and O–H groups in total. The molecule has 3 nitrogen and oxygen atoms in total. The lowest BCUT2D eigenvalue weighted by molar-refractivity contribution is 0.278. The van der Waals surface area contributed by atoms with Gasteiger partial charge in [0.2, 0.25) is 0 Å². The van der Waals surface area contributed by atoms with Gasteiger partial charge in [0.1, 0.15) is 0 Å². The molecule has 0 aromatic carbocycles. The number of hydrogen-bond donors (Lipinski definition) is 3. The SMILES string of the molecule is CCCC[SiH](CCCC)CCCC.CCCC[SiH](CCCC)CCCC.CCCC[SiH](CCCC)CCCC.OB(O)O. The number of unbranched alkanes of at least 4 members (excludes halogenated alkanes) is 9. The van der Waals surface area contributed by atoms with Gasteiger partial charge in [0.25, 0.3) is 0 Å². The minimum absolute atomic E-state index is 0.287. The molecule has 0 spiro atoms. The third kappa shape index (κ3) is 52.4. The van der Waals surface area contributed by atoms with Gasteiger partial charge in [0.05, 0.1) is 0 Å². The van der Waals surface area contributed by atoms with Gasteiger partial charge in [-0.1, -0.05) is 232 Å². The van der Waals surface area contributed by atoms with Gasteiger partial charge in [-0.25, -0.2) is 0 Å². The summed E-state index contributed by atoms with van der Waals surface area (Å²) in [6, 6.07) is 14.6. The molecule has 0 amide bonds. The van der Waals surface area contributed by atoms with E-state index in [4.69, 9.17) is 15.1 Å². The second-order valence-corrected chi connectivity index (χ2v) is 23.6. The summed E-state index contributed by atoms with van der Waals surface area (Å²) in [5.41, 5.74) is 0. The Bertz CT molecular complexity index is 331. The van der Waals surface area contributed by atoms with E-state index in [1.54, 1.807) is 54.4 Å². The van der Waals surface area contributed by atoms with Crippen LogP contribution in [0.15, 0.2) is 0 Å². The van der Waals surface area contributed by atoms with Crippen molar-refractivity contribution < 1.29 is 15.1 Å². The molecule has 0 bridgehead atoms. The van der Waals surface area contributed by atoms with Crippen LogP contribution in [-0.2, 0) is 0 Å². The minimum Gasteiger partial charge on any atom is -0.402 e. The zero-order valence-corrected chi connectivity index (χ0v) is 35.2. The van der Waals surface area contributed by atoms with E-state index in [0.717, 1.165) is 0 Å². The summed E-state index contributed by atoms with van der Waals surface area (Å²) in [5, 5.41) is 21.5. The average Bonchev–Trinajstić information content (AvgIpc) is 3.00. The van der Waals surface area contributed by atoms with E-state index in [9.17, 15) is 0 Å². The van der Waals surface area contributed by atoms with Crippen molar-refractivity contribution in [3.05, 3.63) is 0 Å². The first kappa shape index (κ1) is 50.5. The van der Waals surface area contributed by atoms with Gasteiger partial charge in [-0.15, -0.1) is 0 Å². The maximum absolute atomic E-state index is 7.17. The molecule has 0 fully saturated rings. The van der Waals surface area contributed by atoms with Crippen LogP contribution < -0.4 is 0 Å². The van der Waals surface area contributed by atoms with E-state index in [2.05, 4.69) is 62.3 Å². The van der Waals surface area contributed by atoms with Crippen molar-refractivity contribution in [2.75, 3.05) is 0 Å². The lowest BCUT2D eigenvalue weighted by Crippen LogP contribution is -2.11. The topological polar surface area (TPSA) is 60.7 Å². The van der Waals surface area contributed by atoms with Crippen molar-refractivity contribution >= 4 is 33.7 Å². The van der Waals surface area contributed by atoms with Crippen LogP contribution in [-0.4, -0.2) is 48.8 Å². The van der Waals surface area contributed by atoms with Crippen LogP contribution in [0, 0.1) is 0 Å². The first-order chi connectivity index (χ1) is 20.8. The molecule has 0 aromatic rings. The van der Waals surface area contributed by atoms with Crippen molar-refractivity contribution in [1.82, 2.24) is 0 Å². The van der Waals surface area contributed by atoms with E-state index in [0.29, 0.717) is 0 Å². The van der Waals surface area contributed by atoms with E-state index in [1.165, 1.54) is 116 Å². The number of rotatable bonds is 27. The summed E-state index contributed by atoms with van der Waals surface area (Å²) in [6.45, 7) is 20.9. The molecule has 0 aromatic heterocycles. The van der Waals surface area contributed by atoms with E-state index in [1.807, 2.05) is 0 Å². The molecule has 0 saturated carbocycles. The van der Waals surface area contributed by atoms with Crippen LogP contribution in [0.25, 0.3) is 0 Å². The van der Waals surface area contributed by atoms with Crippen LogP contribution in [0.4, 0.5) is 0 Å². The van der Waals surface area contributed by atoms with Crippen LogP contribution in [0.1, 0.15) is 178 Å². The Hall–Kier alpha value is 0.596. The molecule has 264 valence electrons. The van der Waals surface area contributed by atoms with Crippen molar-refractivity contribution in [3.8, 4) is 0 Å². The molecule has 0 radical (unpaired) electrons. The molecule has 7 heteroatoms. The molecule has 43 heavy (non-hydrogen) atoms. The Balaban J connectivity index is -0.000000249. The Morgan fingerprint density at radius 1 is 0.279 bits per heavy atom. The predicted molar refractivity (Wildman–Crippen MR) is 211 cm³/mol. The smallest absolute Gasteiger partial charge is 0.402 e. The lowest BCUT2D eigenvalue weighted by Gasteiger charge is -2.13. The second-order valence-electron chi connectivity index (χ2n) is 13.2. The van der Waals surface area contributed by atoms with Gasteiger partial charge in [-0.05, 0) is 0 Å².